The van der Waals surface area contributed by atoms with E-state index in [2.05, 4.69) is 24.6 Å². The first kappa shape index (κ1) is 12.9. The van der Waals surface area contributed by atoms with Crippen molar-refractivity contribution in [1.82, 2.24) is 5.48 Å². The molecule has 0 radical (unpaired) electrons. The number of amides is 1. The molecule has 98 valence electrons. The highest BCUT2D eigenvalue weighted by atomic mass is 16.6. The summed E-state index contributed by atoms with van der Waals surface area (Å²) in [7, 11) is 0. The second kappa shape index (κ2) is 5.84. The van der Waals surface area contributed by atoms with Crippen LogP contribution in [0.3, 0.4) is 0 Å². The first-order valence-electron chi connectivity index (χ1n) is 6.05. The topological polar surface area (TPSA) is 59.6 Å². The fourth-order valence-electron chi connectivity index (χ4n) is 1.60. The second-order valence-electron chi connectivity index (χ2n) is 4.69. The molecule has 18 heavy (non-hydrogen) atoms. The molecule has 0 bridgehead atoms. The summed E-state index contributed by atoms with van der Waals surface area (Å²) in [6.07, 6.45) is 0. The van der Waals surface area contributed by atoms with Gasteiger partial charge in [-0.2, -0.15) is 5.48 Å². The van der Waals surface area contributed by atoms with Crippen LogP contribution < -0.4 is 15.5 Å². The summed E-state index contributed by atoms with van der Waals surface area (Å²) in [4.78, 5) is 16.5. The van der Waals surface area contributed by atoms with Crippen molar-refractivity contribution in [3.8, 4) is 5.75 Å². The number of hydroxylamine groups is 1. The zero-order chi connectivity index (χ0) is 13.0. The van der Waals surface area contributed by atoms with Crippen molar-refractivity contribution >= 4 is 11.6 Å². The molecule has 0 unspecified atom stereocenters. The Hall–Kier alpha value is -1.59. The quantitative estimate of drug-likeness (QED) is 0.617. The molecule has 0 aromatic heterocycles. The van der Waals surface area contributed by atoms with Crippen LogP contribution in [0.4, 0.5) is 5.69 Å². The second-order valence-corrected chi connectivity index (χ2v) is 4.69. The van der Waals surface area contributed by atoms with Crippen molar-refractivity contribution in [3.05, 3.63) is 23.8 Å². The average molecular weight is 250 g/mol. The van der Waals surface area contributed by atoms with Gasteiger partial charge in [-0.3, -0.25) is 4.79 Å². The summed E-state index contributed by atoms with van der Waals surface area (Å²) in [6.45, 7) is 5.53. The Balaban J connectivity index is 1.90. The molecule has 1 amide bonds. The lowest BCUT2D eigenvalue weighted by Gasteiger charge is -2.18. The van der Waals surface area contributed by atoms with Crippen LogP contribution in [0.15, 0.2) is 18.2 Å². The van der Waals surface area contributed by atoms with Crippen LogP contribution in [0, 0.1) is 5.92 Å². The Morgan fingerprint density at radius 2 is 2.33 bits per heavy atom. The molecule has 1 aliphatic heterocycles. The van der Waals surface area contributed by atoms with Gasteiger partial charge in [0.15, 0.2) is 6.61 Å². The Kier molecular flexibility index (Phi) is 4.17. The van der Waals surface area contributed by atoms with Gasteiger partial charge in [0.05, 0.1) is 12.3 Å². The molecular formula is C13H18N2O3. The highest BCUT2D eigenvalue weighted by Gasteiger charge is 2.15. The van der Waals surface area contributed by atoms with Crippen LogP contribution in [0.25, 0.3) is 0 Å². The molecule has 1 aromatic rings. The monoisotopic (exact) mass is 250 g/mol. The number of rotatable bonds is 5. The van der Waals surface area contributed by atoms with Crippen molar-refractivity contribution in [3.63, 3.8) is 0 Å². The summed E-state index contributed by atoms with van der Waals surface area (Å²) in [5.41, 5.74) is 4.65. The first-order valence-corrected chi connectivity index (χ1v) is 6.05. The van der Waals surface area contributed by atoms with Gasteiger partial charge in [0.25, 0.3) is 5.91 Å². The lowest BCUT2D eigenvalue weighted by atomic mass is 10.1. The third kappa shape index (κ3) is 3.45. The fraction of sp³-hybridized carbons (Fsp3) is 0.462. The maximum absolute atomic E-state index is 11.2. The van der Waals surface area contributed by atoms with Crippen molar-refractivity contribution in [2.45, 2.75) is 20.4 Å². The van der Waals surface area contributed by atoms with Crippen LogP contribution in [-0.4, -0.2) is 19.1 Å². The van der Waals surface area contributed by atoms with Gasteiger partial charge < -0.3 is 14.9 Å². The highest BCUT2D eigenvalue weighted by Crippen LogP contribution is 2.28. The minimum Gasteiger partial charge on any atom is -0.482 e. The van der Waals surface area contributed by atoms with Gasteiger partial charge in [0.2, 0.25) is 0 Å². The van der Waals surface area contributed by atoms with Gasteiger partial charge in [0, 0.05) is 6.54 Å². The van der Waals surface area contributed by atoms with E-state index in [1.165, 1.54) is 0 Å². The van der Waals surface area contributed by atoms with E-state index in [9.17, 15) is 4.79 Å². The number of benzene rings is 1. The summed E-state index contributed by atoms with van der Waals surface area (Å²) in [6, 6.07) is 5.69. The predicted molar refractivity (Wildman–Crippen MR) is 68.2 cm³/mol. The van der Waals surface area contributed by atoms with E-state index in [1.54, 1.807) is 0 Å². The molecule has 0 saturated carbocycles. The van der Waals surface area contributed by atoms with Crippen LogP contribution in [0.1, 0.15) is 19.4 Å². The third-order valence-electron chi connectivity index (χ3n) is 2.47. The molecule has 0 saturated heterocycles. The fourth-order valence-corrected chi connectivity index (χ4v) is 1.60. The van der Waals surface area contributed by atoms with E-state index in [1.807, 2.05) is 18.2 Å². The summed E-state index contributed by atoms with van der Waals surface area (Å²) in [5, 5.41) is 2.78. The molecule has 0 aliphatic carbocycles. The van der Waals surface area contributed by atoms with E-state index < -0.39 is 0 Å². The van der Waals surface area contributed by atoms with Gasteiger partial charge in [0.1, 0.15) is 5.75 Å². The maximum Gasteiger partial charge on any atom is 0.262 e. The van der Waals surface area contributed by atoms with Gasteiger partial charge >= 0.3 is 0 Å². The van der Waals surface area contributed by atoms with Crippen molar-refractivity contribution < 1.29 is 14.4 Å². The zero-order valence-electron chi connectivity index (χ0n) is 10.7. The number of hydrogen-bond donors (Lipinski definition) is 2. The van der Waals surface area contributed by atoms with Crippen molar-refractivity contribution in [2.75, 3.05) is 18.5 Å². The molecule has 0 fully saturated rings. The molecule has 2 rings (SSSR count). The number of anilines is 1. The number of hydrogen-bond acceptors (Lipinski definition) is 4. The van der Waals surface area contributed by atoms with Gasteiger partial charge in [-0.25, -0.2) is 0 Å². The molecule has 5 heteroatoms. The molecule has 5 nitrogen and oxygen atoms in total. The predicted octanol–water partition coefficient (Wildman–Crippen LogP) is 1.69. The molecule has 1 heterocycles. The lowest BCUT2D eigenvalue weighted by Crippen LogP contribution is -2.25. The third-order valence-corrected chi connectivity index (χ3v) is 2.47. The van der Waals surface area contributed by atoms with Crippen LogP contribution in [0.2, 0.25) is 0 Å². The molecular weight excluding hydrogens is 232 g/mol. The van der Waals surface area contributed by atoms with Gasteiger partial charge in [-0.1, -0.05) is 19.9 Å². The Bertz CT molecular complexity index is 432. The van der Waals surface area contributed by atoms with E-state index in [-0.39, 0.29) is 12.5 Å². The SMILES string of the molecule is CC(C)CONCc1ccc2c(c1)NC(=O)CO2. The van der Waals surface area contributed by atoms with Gasteiger partial charge in [-0.15, -0.1) is 0 Å². The Morgan fingerprint density at radius 3 is 3.11 bits per heavy atom. The lowest BCUT2D eigenvalue weighted by molar-refractivity contribution is -0.118. The Morgan fingerprint density at radius 1 is 1.50 bits per heavy atom. The van der Waals surface area contributed by atoms with E-state index in [4.69, 9.17) is 9.57 Å². The van der Waals surface area contributed by atoms with Crippen LogP contribution in [0.5, 0.6) is 5.75 Å². The summed E-state index contributed by atoms with van der Waals surface area (Å²) >= 11 is 0. The molecule has 0 atom stereocenters. The minimum atomic E-state index is -0.122. The van der Waals surface area contributed by atoms with Crippen LogP contribution in [-0.2, 0) is 16.2 Å². The molecule has 0 spiro atoms. The van der Waals surface area contributed by atoms with E-state index in [0.29, 0.717) is 24.8 Å². The van der Waals surface area contributed by atoms with E-state index >= 15 is 0 Å². The number of ether oxygens (including phenoxy) is 1. The molecule has 1 aliphatic rings. The average Bonchev–Trinajstić information content (AvgIpc) is 2.34. The van der Waals surface area contributed by atoms with E-state index in [0.717, 1.165) is 11.3 Å². The zero-order valence-corrected chi connectivity index (χ0v) is 10.7. The largest absolute Gasteiger partial charge is 0.482 e. The van der Waals surface area contributed by atoms with Crippen molar-refractivity contribution in [1.29, 1.82) is 0 Å². The van der Waals surface area contributed by atoms with Crippen molar-refractivity contribution in [2.24, 2.45) is 5.92 Å². The molecule has 1 aromatic carbocycles. The smallest absolute Gasteiger partial charge is 0.262 e. The number of fused-ring (bicyclic) bond motifs is 1. The highest BCUT2D eigenvalue weighted by molar-refractivity contribution is 5.95. The van der Waals surface area contributed by atoms with Crippen LogP contribution >= 0.6 is 0 Å². The first-order chi connectivity index (χ1) is 8.65. The molecule has 2 N–H and O–H groups in total. The number of nitrogens with one attached hydrogen (secondary N) is 2. The number of carbonyl (C=O) groups excluding carboxylic acids is 1. The maximum atomic E-state index is 11.2. The summed E-state index contributed by atoms with van der Waals surface area (Å²) in [5.74, 6) is 1.08. The minimum absolute atomic E-state index is 0.0854. The normalized spacial score (nSPS) is 14.1. The standard InChI is InChI=1S/C13H18N2O3/c1-9(2)7-18-14-6-10-3-4-12-11(5-10)15-13(16)8-17-12/h3-5,9,14H,6-8H2,1-2H3,(H,15,16). The van der Waals surface area contributed by atoms with Gasteiger partial charge in [-0.05, 0) is 23.6 Å². The Labute approximate surface area is 106 Å². The summed E-state index contributed by atoms with van der Waals surface area (Å²) < 4.78 is 5.28. The number of carbonyl (C=O) groups is 1.